The second-order valence-electron chi connectivity index (χ2n) is 6.48. The van der Waals surface area contributed by atoms with Crippen LogP contribution in [0.5, 0.6) is 0 Å². The van der Waals surface area contributed by atoms with Crippen molar-refractivity contribution in [1.29, 1.82) is 0 Å². The van der Waals surface area contributed by atoms with Crippen LogP contribution in [0.25, 0.3) is 0 Å². The molecule has 0 spiro atoms. The van der Waals surface area contributed by atoms with Gasteiger partial charge in [-0.1, -0.05) is 25.0 Å². The van der Waals surface area contributed by atoms with Crippen LogP contribution in [0, 0.1) is 17.6 Å². The van der Waals surface area contributed by atoms with E-state index < -0.39 is 32.9 Å². The van der Waals surface area contributed by atoms with E-state index in [1.165, 1.54) is 12.1 Å². The van der Waals surface area contributed by atoms with Gasteiger partial charge < -0.3 is 5.32 Å². The van der Waals surface area contributed by atoms with Crippen LogP contribution in [0.4, 0.5) is 8.78 Å². The molecule has 1 saturated heterocycles. The highest BCUT2D eigenvalue weighted by atomic mass is 32.2. The number of nitrogens with one attached hydrogen (secondary N) is 1. The molecule has 4 nitrogen and oxygen atoms in total. The van der Waals surface area contributed by atoms with E-state index in [0.29, 0.717) is 12.8 Å². The van der Waals surface area contributed by atoms with E-state index >= 15 is 0 Å². The van der Waals surface area contributed by atoms with Gasteiger partial charge in [0.05, 0.1) is 23.0 Å². The van der Waals surface area contributed by atoms with Crippen LogP contribution in [0.15, 0.2) is 18.2 Å². The third-order valence-electron chi connectivity index (χ3n) is 4.89. The summed E-state index contributed by atoms with van der Waals surface area (Å²) in [4.78, 5) is 12.5. The van der Waals surface area contributed by atoms with Crippen LogP contribution in [0.3, 0.4) is 0 Å². The van der Waals surface area contributed by atoms with Gasteiger partial charge in [0.1, 0.15) is 0 Å². The minimum atomic E-state index is -3.17. The van der Waals surface area contributed by atoms with Crippen LogP contribution in [0.2, 0.25) is 0 Å². The van der Waals surface area contributed by atoms with Crippen LogP contribution in [-0.2, 0) is 20.2 Å². The highest BCUT2D eigenvalue weighted by molar-refractivity contribution is 7.91. The smallest absolute Gasteiger partial charge is 0.224 e. The molecule has 2 fully saturated rings. The predicted octanol–water partition coefficient (Wildman–Crippen LogP) is 2.29. The van der Waals surface area contributed by atoms with Gasteiger partial charge >= 0.3 is 0 Å². The number of carbonyl (C=O) groups excluding carboxylic acids is 1. The Labute approximate surface area is 134 Å². The molecule has 1 atom stereocenters. The topological polar surface area (TPSA) is 63.2 Å². The second kappa shape index (κ2) is 5.85. The predicted molar refractivity (Wildman–Crippen MR) is 81.4 cm³/mol. The summed E-state index contributed by atoms with van der Waals surface area (Å²) < 4.78 is 50.9. The van der Waals surface area contributed by atoms with Gasteiger partial charge in [0.25, 0.3) is 0 Å². The van der Waals surface area contributed by atoms with Crippen molar-refractivity contribution in [2.75, 3.05) is 11.5 Å². The molecule has 1 N–H and O–H groups in total. The van der Waals surface area contributed by atoms with Gasteiger partial charge in [-0.05, 0) is 25.3 Å². The Kier molecular flexibility index (Phi) is 4.16. The molecule has 1 amide bonds. The van der Waals surface area contributed by atoms with E-state index in [9.17, 15) is 22.0 Å². The maximum Gasteiger partial charge on any atom is 0.224 e. The summed E-state index contributed by atoms with van der Waals surface area (Å²) in [6.07, 6.45) is 2.95. The first-order valence-corrected chi connectivity index (χ1v) is 9.62. The monoisotopic (exact) mass is 343 g/mol. The lowest BCUT2D eigenvalue weighted by molar-refractivity contribution is -0.126. The van der Waals surface area contributed by atoms with Gasteiger partial charge in [0.2, 0.25) is 5.91 Å². The largest absolute Gasteiger partial charge is 0.346 e. The lowest BCUT2D eigenvalue weighted by Crippen LogP contribution is -2.47. The van der Waals surface area contributed by atoms with Crippen LogP contribution in [-0.4, -0.2) is 25.8 Å². The van der Waals surface area contributed by atoms with Crippen molar-refractivity contribution in [2.45, 2.75) is 37.6 Å². The molecular weight excluding hydrogens is 324 g/mol. The van der Waals surface area contributed by atoms with Gasteiger partial charge in [-0.25, -0.2) is 17.2 Å². The molecule has 1 aliphatic carbocycles. The SMILES string of the molecule is O=C(NC1(c2cccc(F)c2F)CCCC1)C1CCS(=O)(=O)C1. The summed E-state index contributed by atoms with van der Waals surface area (Å²) in [6.45, 7) is 0. The van der Waals surface area contributed by atoms with Crippen molar-refractivity contribution < 1.29 is 22.0 Å². The van der Waals surface area contributed by atoms with Gasteiger partial charge in [-0.15, -0.1) is 0 Å². The third kappa shape index (κ3) is 3.11. The van der Waals surface area contributed by atoms with Gasteiger partial charge in [0, 0.05) is 5.56 Å². The van der Waals surface area contributed by atoms with E-state index in [1.807, 2.05) is 0 Å². The third-order valence-corrected chi connectivity index (χ3v) is 6.66. The van der Waals surface area contributed by atoms with Crippen molar-refractivity contribution in [3.05, 3.63) is 35.4 Å². The molecule has 7 heteroatoms. The van der Waals surface area contributed by atoms with Crippen molar-refractivity contribution in [3.8, 4) is 0 Å². The van der Waals surface area contributed by atoms with Crippen LogP contribution < -0.4 is 5.32 Å². The molecular formula is C16H19F2NO3S. The Balaban J connectivity index is 1.87. The highest BCUT2D eigenvalue weighted by Gasteiger charge is 2.42. The lowest BCUT2D eigenvalue weighted by atomic mass is 9.86. The van der Waals surface area contributed by atoms with Crippen LogP contribution >= 0.6 is 0 Å². The lowest BCUT2D eigenvalue weighted by Gasteiger charge is -2.32. The number of hydrogen-bond donors (Lipinski definition) is 1. The van der Waals surface area contributed by atoms with Gasteiger partial charge in [-0.3, -0.25) is 4.79 Å². The first-order valence-electron chi connectivity index (χ1n) is 7.80. The molecule has 0 bridgehead atoms. The standard InChI is InChI=1S/C16H19F2NO3S/c17-13-5-3-4-12(14(13)18)16(7-1-2-8-16)19-15(20)11-6-9-23(21,22)10-11/h3-5,11H,1-2,6-10H2,(H,19,20). The van der Waals surface area contributed by atoms with Crippen molar-refractivity contribution >= 4 is 15.7 Å². The molecule has 1 aromatic rings. The number of benzene rings is 1. The Morgan fingerprint density at radius 1 is 1.22 bits per heavy atom. The summed E-state index contributed by atoms with van der Waals surface area (Å²) in [5.41, 5.74) is -0.778. The van der Waals surface area contributed by atoms with E-state index in [2.05, 4.69) is 5.32 Å². The molecule has 1 saturated carbocycles. The Hall–Kier alpha value is -1.50. The van der Waals surface area contributed by atoms with E-state index in [1.54, 1.807) is 0 Å². The molecule has 1 aromatic carbocycles. The minimum absolute atomic E-state index is 0.00636. The molecule has 1 unspecified atom stereocenters. The molecule has 0 radical (unpaired) electrons. The number of amides is 1. The fraction of sp³-hybridized carbons (Fsp3) is 0.562. The highest BCUT2D eigenvalue weighted by Crippen LogP contribution is 2.40. The number of sulfone groups is 1. The summed E-state index contributed by atoms with van der Waals surface area (Å²) in [5.74, 6) is -3.02. The van der Waals surface area contributed by atoms with E-state index in [4.69, 9.17) is 0 Å². The number of carbonyl (C=O) groups is 1. The van der Waals surface area contributed by atoms with Crippen molar-refractivity contribution in [3.63, 3.8) is 0 Å². The Morgan fingerprint density at radius 2 is 1.91 bits per heavy atom. The molecule has 23 heavy (non-hydrogen) atoms. The van der Waals surface area contributed by atoms with Crippen molar-refractivity contribution in [1.82, 2.24) is 5.32 Å². The fourth-order valence-electron chi connectivity index (χ4n) is 3.65. The number of halogens is 2. The Bertz CT molecular complexity index is 727. The first kappa shape index (κ1) is 16.4. The minimum Gasteiger partial charge on any atom is -0.346 e. The van der Waals surface area contributed by atoms with E-state index in [-0.39, 0.29) is 29.4 Å². The normalized spacial score (nSPS) is 25.4. The van der Waals surface area contributed by atoms with Gasteiger partial charge in [0.15, 0.2) is 21.5 Å². The maximum absolute atomic E-state index is 14.2. The van der Waals surface area contributed by atoms with Crippen LogP contribution in [0.1, 0.15) is 37.7 Å². The maximum atomic E-state index is 14.2. The van der Waals surface area contributed by atoms with Gasteiger partial charge in [-0.2, -0.15) is 0 Å². The Morgan fingerprint density at radius 3 is 2.52 bits per heavy atom. The zero-order valence-corrected chi connectivity index (χ0v) is 13.5. The van der Waals surface area contributed by atoms with Crippen molar-refractivity contribution in [2.24, 2.45) is 5.92 Å². The summed E-state index contributed by atoms with van der Waals surface area (Å²) in [6, 6.07) is 3.97. The zero-order chi connectivity index (χ0) is 16.7. The summed E-state index contributed by atoms with van der Waals surface area (Å²) in [5, 5.41) is 2.85. The van der Waals surface area contributed by atoms with E-state index in [0.717, 1.165) is 18.9 Å². The first-order chi connectivity index (χ1) is 10.8. The molecule has 1 aliphatic heterocycles. The number of rotatable bonds is 3. The number of hydrogen-bond acceptors (Lipinski definition) is 3. The average molecular weight is 343 g/mol. The molecule has 3 rings (SSSR count). The summed E-state index contributed by atoms with van der Waals surface area (Å²) >= 11 is 0. The average Bonchev–Trinajstić information content (AvgIpc) is 3.09. The second-order valence-corrected chi connectivity index (χ2v) is 8.71. The zero-order valence-electron chi connectivity index (χ0n) is 12.6. The molecule has 0 aromatic heterocycles. The fourth-order valence-corrected chi connectivity index (χ4v) is 5.39. The molecule has 1 heterocycles. The molecule has 126 valence electrons. The quantitative estimate of drug-likeness (QED) is 0.916. The molecule has 2 aliphatic rings. The summed E-state index contributed by atoms with van der Waals surface area (Å²) in [7, 11) is -3.17.